The van der Waals surface area contributed by atoms with Gasteiger partial charge in [0.05, 0.1) is 12.1 Å². The van der Waals surface area contributed by atoms with Crippen LogP contribution in [0.3, 0.4) is 0 Å². The van der Waals surface area contributed by atoms with E-state index in [1.165, 1.54) is 6.92 Å². The average molecular weight is 474 g/mol. The zero-order valence-corrected chi connectivity index (χ0v) is 20.5. The number of aliphatic hydroxyl groups is 1. The van der Waals surface area contributed by atoms with Gasteiger partial charge < -0.3 is 37.6 Å². The summed E-state index contributed by atoms with van der Waals surface area (Å²) < 4.78 is 0. The first-order valence-corrected chi connectivity index (χ1v) is 11.6. The van der Waals surface area contributed by atoms with Gasteiger partial charge in [0.2, 0.25) is 17.7 Å². The van der Waals surface area contributed by atoms with Crippen molar-refractivity contribution < 1.29 is 29.4 Å². The fourth-order valence-corrected chi connectivity index (χ4v) is 3.27. The summed E-state index contributed by atoms with van der Waals surface area (Å²) in [4.78, 5) is 49.5. The van der Waals surface area contributed by atoms with Crippen LogP contribution in [0.2, 0.25) is 0 Å². The highest BCUT2D eigenvalue weighted by molar-refractivity contribution is 5.94. The second-order valence-corrected chi connectivity index (χ2v) is 9.34. The smallest absolute Gasteiger partial charge is 0.326 e. The molecule has 0 aromatic heterocycles. The number of carboxylic acid groups (broad SMARTS) is 1. The monoisotopic (exact) mass is 473 g/mol. The fraction of sp³-hybridized carbons (Fsp3) is 0.818. The number of carboxylic acids is 1. The highest BCUT2D eigenvalue weighted by Crippen LogP contribution is 2.09. The second-order valence-electron chi connectivity index (χ2n) is 9.34. The molecule has 0 saturated heterocycles. The maximum atomic E-state index is 12.9. The van der Waals surface area contributed by atoms with Crippen LogP contribution in [0.25, 0.3) is 0 Å². The number of hydrogen-bond acceptors (Lipinski definition) is 7. The van der Waals surface area contributed by atoms with Crippen LogP contribution in [-0.2, 0) is 19.2 Å². The number of carbonyl (C=O) groups excluding carboxylic acids is 3. The number of nitrogens with one attached hydrogen (secondary N) is 3. The van der Waals surface area contributed by atoms with Crippen molar-refractivity contribution in [2.45, 2.75) is 97.0 Å². The van der Waals surface area contributed by atoms with Gasteiger partial charge >= 0.3 is 5.97 Å². The van der Waals surface area contributed by atoms with E-state index in [-0.39, 0.29) is 24.7 Å². The Balaban J connectivity index is 5.36. The minimum Gasteiger partial charge on any atom is -0.480 e. The third kappa shape index (κ3) is 12.5. The Bertz CT molecular complexity index is 641. The zero-order valence-electron chi connectivity index (χ0n) is 20.5. The van der Waals surface area contributed by atoms with Crippen molar-refractivity contribution in [1.82, 2.24) is 16.0 Å². The molecular weight excluding hydrogens is 430 g/mol. The van der Waals surface area contributed by atoms with Crippen LogP contribution in [0.5, 0.6) is 0 Å². The molecule has 0 aromatic carbocycles. The number of aliphatic hydroxyl groups excluding tert-OH is 1. The average Bonchev–Trinajstić information content (AvgIpc) is 2.69. The zero-order chi connectivity index (χ0) is 25.7. The lowest BCUT2D eigenvalue weighted by Crippen LogP contribution is -2.60. The summed E-state index contributed by atoms with van der Waals surface area (Å²) in [7, 11) is 0. The molecule has 9 N–H and O–H groups in total. The Morgan fingerprint density at radius 2 is 1.33 bits per heavy atom. The molecule has 0 radical (unpaired) electrons. The molecule has 3 amide bonds. The maximum Gasteiger partial charge on any atom is 0.326 e. The van der Waals surface area contributed by atoms with E-state index in [4.69, 9.17) is 11.5 Å². The topological polar surface area (TPSA) is 197 Å². The van der Waals surface area contributed by atoms with Crippen molar-refractivity contribution in [2.24, 2.45) is 23.3 Å². The molecule has 0 aromatic rings. The van der Waals surface area contributed by atoms with Gasteiger partial charge in [0.25, 0.3) is 0 Å². The summed E-state index contributed by atoms with van der Waals surface area (Å²) in [6, 6.07) is -4.33. The van der Waals surface area contributed by atoms with Gasteiger partial charge in [0.15, 0.2) is 0 Å². The van der Waals surface area contributed by atoms with Gasteiger partial charge in [-0.2, -0.15) is 0 Å². The normalized spacial score (nSPS) is 15.9. The van der Waals surface area contributed by atoms with Gasteiger partial charge in [-0.3, -0.25) is 14.4 Å². The number of amides is 3. The summed E-state index contributed by atoms with van der Waals surface area (Å²) in [5.74, 6) is -2.96. The summed E-state index contributed by atoms with van der Waals surface area (Å²) in [5.41, 5.74) is 11.3. The Kier molecular flexibility index (Phi) is 14.5. The lowest BCUT2D eigenvalue weighted by Gasteiger charge is -2.27. The lowest BCUT2D eigenvalue weighted by molar-refractivity contribution is -0.143. The van der Waals surface area contributed by atoms with Crippen LogP contribution in [0.1, 0.15) is 66.7 Å². The molecule has 5 unspecified atom stereocenters. The van der Waals surface area contributed by atoms with Crippen molar-refractivity contribution in [3.8, 4) is 0 Å². The van der Waals surface area contributed by atoms with E-state index in [0.29, 0.717) is 25.8 Å². The molecule has 0 rings (SSSR count). The first-order chi connectivity index (χ1) is 15.3. The first-order valence-electron chi connectivity index (χ1n) is 11.6. The minimum absolute atomic E-state index is 0.0418. The molecule has 33 heavy (non-hydrogen) atoms. The summed E-state index contributed by atoms with van der Waals surface area (Å²) in [5, 5.41) is 26.9. The predicted molar refractivity (Wildman–Crippen MR) is 125 cm³/mol. The summed E-state index contributed by atoms with van der Waals surface area (Å²) >= 11 is 0. The fourth-order valence-electron chi connectivity index (χ4n) is 3.27. The Hall–Kier alpha value is -2.24. The van der Waals surface area contributed by atoms with E-state index in [9.17, 15) is 29.4 Å². The summed E-state index contributed by atoms with van der Waals surface area (Å²) in [6.45, 7) is 9.31. The van der Waals surface area contributed by atoms with E-state index in [1.54, 1.807) is 0 Å². The molecule has 0 saturated carbocycles. The molecule has 0 fully saturated rings. The number of carbonyl (C=O) groups is 4. The lowest BCUT2D eigenvalue weighted by atomic mass is 10.00. The molecule has 5 atom stereocenters. The van der Waals surface area contributed by atoms with Crippen LogP contribution in [-0.4, -0.2) is 70.7 Å². The second kappa shape index (κ2) is 15.6. The third-order valence-electron chi connectivity index (χ3n) is 5.03. The van der Waals surface area contributed by atoms with Gasteiger partial charge in [-0.1, -0.05) is 27.7 Å². The predicted octanol–water partition coefficient (Wildman–Crippen LogP) is -0.545. The molecule has 0 aliphatic heterocycles. The van der Waals surface area contributed by atoms with Gasteiger partial charge in [-0.25, -0.2) is 4.79 Å². The standard InChI is InChI=1S/C22H43N5O6/c1-12(2)10-15(24)19(29)26-17(11-13(3)4)20(30)27-18(14(5)28)21(31)25-16(22(32)33)8-6-7-9-23/h12-18,28H,6-11,23-24H2,1-5H3,(H,25,31)(H,26,29)(H,27,30)(H,32,33). The number of nitrogens with two attached hydrogens (primary N) is 2. The molecular formula is C22H43N5O6. The molecule has 0 aliphatic carbocycles. The number of aliphatic carboxylic acids is 1. The Morgan fingerprint density at radius 3 is 1.79 bits per heavy atom. The van der Waals surface area contributed by atoms with Crippen LogP contribution in [0.4, 0.5) is 0 Å². The minimum atomic E-state index is -1.40. The SMILES string of the molecule is CC(C)CC(N)C(=O)NC(CC(C)C)C(=O)NC(C(=O)NC(CCCCN)C(=O)O)C(C)O. The number of rotatable bonds is 16. The van der Waals surface area contributed by atoms with E-state index in [0.717, 1.165) is 0 Å². The van der Waals surface area contributed by atoms with E-state index in [2.05, 4.69) is 16.0 Å². The van der Waals surface area contributed by atoms with Gasteiger partial charge in [-0.15, -0.1) is 0 Å². The maximum absolute atomic E-state index is 12.9. The quantitative estimate of drug-likeness (QED) is 0.145. The van der Waals surface area contributed by atoms with E-state index < -0.39 is 54.0 Å². The van der Waals surface area contributed by atoms with Crippen molar-refractivity contribution in [3.63, 3.8) is 0 Å². The molecule has 0 heterocycles. The van der Waals surface area contributed by atoms with Crippen molar-refractivity contribution in [1.29, 1.82) is 0 Å². The van der Waals surface area contributed by atoms with Gasteiger partial charge in [0, 0.05) is 0 Å². The molecule has 11 nitrogen and oxygen atoms in total. The van der Waals surface area contributed by atoms with Crippen LogP contribution in [0.15, 0.2) is 0 Å². The van der Waals surface area contributed by atoms with E-state index >= 15 is 0 Å². The van der Waals surface area contributed by atoms with Gasteiger partial charge in [0.1, 0.15) is 18.1 Å². The van der Waals surface area contributed by atoms with Crippen LogP contribution >= 0.6 is 0 Å². The highest BCUT2D eigenvalue weighted by Gasteiger charge is 2.32. The van der Waals surface area contributed by atoms with E-state index in [1.807, 2.05) is 27.7 Å². The van der Waals surface area contributed by atoms with Crippen LogP contribution < -0.4 is 27.4 Å². The van der Waals surface area contributed by atoms with Crippen LogP contribution in [0, 0.1) is 11.8 Å². The highest BCUT2D eigenvalue weighted by atomic mass is 16.4. The Morgan fingerprint density at radius 1 is 0.788 bits per heavy atom. The van der Waals surface area contributed by atoms with Crippen molar-refractivity contribution >= 4 is 23.7 Å². The third-order valence-corrected chi connectivity index (χ3v) is 5.03. The molecule has 11 heteroatoms. The molecule has 0 bridgehead atoms. The number of unbranched alkanes of at least 4 members (excludes halogenated alkanes) is 1. The largest absolute Gasteiger partial charge is 0.480 e. The Labute approximate surface area is 196 Å². The van der Waals surface area contributed by atoms with Crippen molar-refractivity contribution in [3.05, 3.63) is 0 Å². The first kappa shape index (κ1) is 30.8. The molecule has 192 valence electrons. The number of hydrogen-bond donors (Lipinski definition) is 7. The van der Waals surface area contributed by atoms with Crippen molar-refractivity contribution in [2.75, 3.05) is 6.54 Å². The molecule has 0 spiro atoms. The molecule has 0 aliphatic rings. The van der Waals surface area contributed by atoms with Gasteiger partial charge in [-0.05, 0) is 57.4 Å². The summed E-state index contributed by atoms with van der Waals surface area (Å²) in [6.07, 6.45) is 0.701.